The first-order chi connectivity index (χ1) is 10.2. The molecule has 0 saturated carbocycles. The first-order valence-electron chi connectivity index (χ1n) is 6.99. The van der Waals surface area contributed by atoms with Gasteiger partial charge in [0, 0.05) is 19.0 Å². The molecule has 1 N–H and O–H groups in total. The Morgan fingerprint density at radius 3 is 2.95 bits per heavy atom. The van der Waals surface area contributed by atoms with Gasteiger partial charge in [0.15, 0.2) is 5.69 Å². The molecule has 0 spiro atoms. The highest BCUT2D eigenvalue weighted by Gasteiger charge is 2.31. The van der Waals surface area contributed by atoms with Crippen molar-refractivity contribution in [1.29, 1.82) is 0 Å². The molecule has 1 atom stereocenters. The van der Waals surface area contributed by atoms with Crippen LogP contribution in [0.2, 0.25) is 0 Å². The summed E-state index contributed by atoms with van der Waals surface area (Å²) < 4.78 is 5.18. The first-order valence-corrected chi connectivity index (χ1v) is 6.99. The van der Waals surface area contributed by atoms with Crippen molar-refractivity contribution in [1.82, 2.24) is 15.1 Å². The van der Waals surface area contributed by atoms with E-state index in [4.69, 9.17) is 4.74 Å². The van der Waals surface area contributed by atoms with Gasteiger partial charge < -0.3 is 9.64 Å². The van der Waals surface area contributed by atoms with Gasteiger partial charge in [-0.3, -0.25) is 9.59 Å². The van der Waals surface area contributed by atoms with Crippen LogP contribution >= 0.6 is 0 Å². The fourth-order valence-electron chi connectivity index (χ4n) is 2.88. The molecule has 110 valence electrons. The van der Waals surface area contributed by atoms with Crippen LogP contribution in [-0.4, -0.2) is 47.3 Å². The molecule has 3 rings (SSSR count). The van der Waals surface area contributed by atoms with Gasteiger partial charge in [-0.2, -0.15) is 5.10 Å². The summed E-state index contributed by atoms with van der Waals surface area (Å²) in [7, 11) is 1.63. The molecule has 2 aromatic rings. The Morgan fingerprint density at radius 1 is 1.43 bits per heavy atom. The smallest absolute Gasteiger partial charge is 0.275 e. The summed E-state index contributed by atoms with van der Waals surface area (Å²) in [5, 5.41) is 7.46. The largest absolute Gasteiger partial charge is 0.383 e. The average molecular weight is 287 g/mol. The number of methoxy groups -OCH3 is 1. The maximum Gasteiger partial charge on any atom is 0.275 e. The van der Waals surface area contributed by atoms with E-state index < -0.39 is 0 Å². The van der Waals surface area contributed by atoms with E-state index in [0.717, 1.165) is 12.8 Å². The maximum absolute atomic E-state index is 12.7. The summed E-state index contributed by atoms with van der Waals surface area (Å²) in [6.45, 7) is 1.22. The molecule has 1 aliphatic rings. The third-order valence-corrected chi connectivity index (χ3v) is 3.90. The molecule has 0 unspecified atom stereocenters. The van der Waals surface area contributed by atoms with Crippen molar-refractivity contribution in [2.24, 2.45) is 0 Å². The maximum atomic E-state index is 12.7. The summed E-state index contributed by atoms with van der Waals surface area (Å²) in [4.78, 5) is 26.3. The van der Waals surface area contributed by atoms with E-state index in [1.165, 1.54) is 0 Å². The van der Waals surface area contributed by atoms with Crippen LogP contribution in [0.4, 0.5) is 0 Å². The molecule has 6 heteroatoms. The van der Waals surface area contributed by atoms with E-state index in [1.54, 1.807) is 36.3 Å². The quantitative estimate of drug-likeness (QED) is 0.919. The fourth-order valence-corrected chi connectivity index (χ4v) is 2.88. The van der Waals surface area contributed by atoms with Gasteiger partial charge in [0.05, 0.1) is 18.0 Å². The number of rotatable bonds is 3. The monoisotopic (exact) mass is 287 g/mol. The molecule has 1 aliphatic heterocycles. The van der Waals surface area contributed by atoms with Crippen LogP contribution < -0.4 is 5.56 Å². The number of aromatic nitrogens is 2. The molecular weight excluding hydrogens is 270 g/mol. The molecular formula is C15H17N3O3. The molecule has 1 fully saturated rings. The van der Waals surface area contributed by atoms with E-state index in [-0.39, 0.29) is 17.5 Å². The van der Waals surface area contributed by atoms with Crippen molar-refractivity contribution in [3.63, 3.8) is 0 Å². The molecule has 0 radical (unpaired) electrons. The zero-order valence-corrected chi connectivity index (χ0v) is 11.8. The molecule has 6 nitrogen and oxygen atoms in total. The van der Waals surface area contributed by atoms with Gasteiger partial charge >= 0.3 is 0 Å². The zero-order chi connectivity index (χ0) is 14.8. The molecule has 0 aliphatic carbocycles. The number of benzene rings is 1. The Kier molecular flexibility index (Phi) is 3.70. The minimum absolute atomic E-state index is 0.0787. The Balaban J connectivity index is 2.02. The topological polar surface area (TPSA) is 75.3 Å². The molecule has 1 aromatic heterocycles. The highest BCUT2D eigenvalue weighted by molar-refractivity contribution is 6.04. The van der Waals surface area contributed by atoms with Crippen molar-refractivity contribution in [3.8, 4) is 0 Å². The number of aromatic amines is 1. The van der Waals surface area contributed by atoms with E-state index in [9.17, 15) is 9.59 Å². The number of H-pyrrole nitrogens is 1. The van der Waals surface area contributed by atoms with E-state index in [0.29, 0.717) is 29.6 Å². The molecule has 2 heterocycles. The van der Waals surface area contributed by atoms with Crippen molar-refractivity contribution in [2.45, 2.75) is 18.9 Å². The van der Waals surface area contributed by atoms with Gasteiger partial charge in [0.25, 0.3) is 11.5 Å². The van der Waals surface area contributed by atoms with E-state index in [2.05, 4.69) is 10.2 Å². The van der Waals surface area contributed by atoms with Crippen molar-refractivity contribution < 1.29 is 9.53 Å². The molecule has 1 amide bonds. The Labute approximate surface area is 121 Å². The minimum atomic E-state index is -0.281. The number of hydrogen-bond donors (Lipinski definition) is 1. The second-order valence-electron chi connectivity index (χ2n) is 5.20. The third-order valence-electron chi connectivity index (χ3n) is 3.90. The van der Waals surface area contributed by atoms with Crippen LogP contribution in [0.15, 0.2) is 29.1 Å². The summed E-state index contributed by atoms with van der Waals surface area (Å²) in [5.41, 5.74) is 0.0187. The predicted molar refractivity (Wildman–Crippen MR) is 78.3 cm³/mol. The number of amides is 1. The van der Waals surface area contributed by atoms with Crippen molar-refractivity contribution in [2.75, 3.05) is 20.3 Å². The van der Waals surface area contributed by atoms with Gasteiger partial charge in [-0.05, 0) is 18.9 Å². The highest BCUT2D eigenvalue weighted by atomic mass is 16.5. The predicted octanol–water partition coefficient (Wildman–Crippen LogP) is 1.17. The standard InChI is InChI=1S/C15H17N3O3/c1-21-9-10-5-4-8-18(10)15(20)13-11-6-2-3-7-12(11)14(19)17-16-13/h2-3,6-7,10H,4-5,8-9H2,1H3,(H,17,19)/t10-/m0/s1. The van der Waals surface area contributed by atoms with Crippen LogP contribution in [0.5, 0.6) is 0 Å². The van der Waals surface area contributed by atoms with E-state index in [1.807, 2.05) is 0 Å². The normalized spacial score (nSPS) is 18.3. The van der Waals surface area contributed by atoms with Gasteiger partial charge in [0.2, 0.25) is 0 Å². The lowest BCUT2D eigenvalue weighted by atomic mass is 10.1. The number of ether oxygens (including phenoxy) is 1. The van der Waals surface area contributed by atoms with Crippen molar-refractivity contribution >= 4 is 16.7 Å². The highest BCUT2D eigenvalue weighted by Crippen LogP contribution is 2.22. The van der Waals surface area contributed by atoms with Crippen LogP contribution in [0.25, 0.3) is 10.8 Å². The van der Waals surface area contributed by atoms with Gasteiger partial charge in [-0.25, -0.2) is 5.10 Å². The molecule has 0 bridgehead atoms. The first kappa shape index (κ1) is 13.8. The molecule has 1 saturated heterocycles. The second kappa shape index (κ2) is 5.65. The molecule has 1 aromatic carbocycles. The Morgan fingerprint density at radius 2 is 2.19 bits per heavy atom. The Bertz CT molecular complexity index is 725. The number of nitrogens with zero attached hydrogens (tertiary/aromatic N) is 2. The summed E-state index contributed by atoms with van der Waals surface area (Å²) in [6, 6.07) is 7.11. The molecule has 21 heavy (non-hydrogen) atoms. The summed E-state index contributed by atoms with van der Waals surface area (Å²) in [6.07, 6.45) is 1.89. The van der Waals surface area contributed by atoms with Crippen LogP contribution in [0.1, 0.15) is 23.3 Å². The third kappa shape index (κ3) is 2.42. The lowest BCUT2D eigenvalue weighted by molar-refractivity contribution is 0.0626. The number of likely N-dealkylation sites (tertiary alicyclic amines) is 1. The van der Waals surface area contributed by atoms with Gasteiger partial charge in [-0.15, -0.1) is 0 Å². The fraction of sp³-hybridized carbons (Fsp3) is 0.400. The number of fused-ring (bicyclic) bond motifs is 1. The van der Waals surface area contributed by atoms with Crippen molar-refractivity contribution in [3.05, 3.63) is 40.3 Å². The van der Waals surface area contributed by atoms with Gasteiger partial charge in [0.1, 0.15) is 0 Å². The second-order valence-corrected chi connectivity index (χ2v) is 5.20. The van der Waals surface area contributed by atoms with E-state index >= 15 is 0 Å². The van der Waals surface area contributed by atoms with Crippen LogP contribution in [-0.2, 0) is 4.74 Å². The summed E-state index contributed by atoms with van der Waals surface area (Å²) in [5.74, 6) is -0.151. The average Bonchev–Trinajstić information content (AvgIpc) is 2.96. The number of nitrogens with one attached hydrogen (secondary N) is 1. The number of carbonyl (C=O) groups excluding carboxylic acids is 1. The summed E-state index contributed by atoms with van der Waals surface area (Å²) >= 11 is 0. The number of carbonyl (C=O) groups is 1. The zero-order valence-electron chi connectivity index (χ0n) is 11.8. The van der Waals surface area contributed by atoms with Gasteiger partial charge in [-0.1, -0.05) is 18.2 Å². The minimum Gasteiger partial charge on any atom is -0.383 e. The van der Waals surface area contributed by atoms with Crippen LogP contribution in [0, 0.1) is 0 Å². The van der Waals surface area contributed by atoms with Crippen LogP contribution in [0.3, 0.4) is 0 Å². The Hall–Kier alpha value is -2.21. The SMILES string of the molecule is COC[C@@H]1CCCN1C(=O)c1n[nH]c(=O)c2ccccc12. The number of hydrogen-bond acceptors (Lipinski definition) is 4. The lowest BCUT2D eigenvalue weighted by Gasteiger charge is -2.23. The lowest BCUT2D eigenvalue weighted by Crippen LogP contribution is -2.39.